The predicted octanol–water partition coefficient (Wildman–Crippen LogP) is 4.53. The van der Waals surface area contributed by atoms with Gasteiger partial charge in [0.05, 0.1) is 11.3 Å². The van der Waals surface area contributed by atoms with Gasteiger partial charge >= 0.3 is 6.03 Å². The Hall–Kier alpha value is -3.21. The van der Waals surface area contributed by atoms with E-state index >= 15 is 0 Å². The highest BCUT2D eigenvalue weighted by atomic mass is 32.2. The fourth-order valence-corrected chi connectivity index (χ4v) is 6.69. The summed E-state index contributed by atoms with van der Waals surface area (Å²) in [7, 11) is -2.18. The van der Waals surface area contributed by atoms with Gasteiger partial charge in [-0.15, -0.1) is 11.3 Å². The van der Waals surface area contributed by atoms with Crippen LogP contribution in [-0.4, -0.2) is 29.1 Å². The zero-order valence-corrected chi connectivity index (χ0v) is 21.3. The van der Waals surface area contributed by atoms with Crippen molar-refractivity contribution in [2.75, 3.05) is 5.32 Å². The summed E-state index contributed by atoms with van der Waals surface area (Å²) in [6, 6.07) is 8.56. The van der Waals surface area contributed by atoms with Crippen molar-refractivity contribution in [3.63, 3.8) is 0 Å². The van der Waals surface area contributed by atoms with Gasteiger partial charge in [0, 0.05) is 36.0 Å². The Balaban J connectivity index is 1.47. The fraction of sp³-hybridized carbons (Fsp3) is 0.280. The van der Waals surface area contributed by atoms with Crippen LogP contribution in [0.4, 0.5) is 10.5 Å². The zero-order chi connectivity index (χ0) is 25.0. The van der Waals surface area contributed by atoms with E-state index in [0.717, 1.165) is 63.9 Å². The van der Waals surface area contributed by atoms with Gasteiger partial charge in [-0.2, -0.15) is 0 Å². The highest BCUT2D eigenvalue weighted by Gasteiger charge is 2.26. The van der Waals surface area contributed by atoms with E-state index in [-0.39, 0.29) is 4.21 Å². The lowest BCUT2D eigenvalue weighted by Gasteiger charge is -2.17. The van der Waals surface area contributed by atoms with E-state index in [9.17, 15) is 18.3 Å². The average Bonchev–Trinajstić information content (AvgIpc) is 3.53. The number of thiophene rings is 1. The van der Waals surface area contributed by atoms with Crippen molar-refractivity contribution >= 4 is 44.1 Å². The number of benzene rings is 1. The molecule has 0 fully saturated rings. The van der Waals surface area contributed by atoms with Crippen molar-refractivity contribution in [2.24, 2.45) is 7.05 Å². The number of nitrogens with zero attached hydrogens (tertiary/aromatic N) is 2. The van der Waals surface area contributed by atoms with Crippen LogP contribution in [0.25, 0.3) is 22.2 Å². The van der Waals surface area contributed by atoms with Gasteiger partial charge in [0.25, 0.3) is 10.0 Å². The monoisotopic (exact) mass is 510 g/mol. The molecule has 0 radical (unpaired) electrons. The molecular weight excluding hydrogens is 484 g/mol. The fourth-order valence-electron chi connectivity index (χ4n) is 4.44. The molecule has 3 N–H and O–H groups in total. The molecule has 0 spiro atoms. The van der Waals surface area contributed by atoms with Crippen LogP contribution in [0.5, 0.6) is 0 Å². The maximum absolute atomic E-state index is 12.9. The van der Waals surface area contributed by atoms with Gasteiger partial charge in [-0.05, 0) is 73.4 Å². The standard InChI is InChI=1S/C25H26N4O4S2/c1-25(2,31)18-12-21(34-14-18)35(32,33)28-24(30)27-22-19-6-4-5-15(19)7-8-20(22)17-11-16-9-10-29(3)23(16)26-13-17/h7-14,31H,4-6H2,1-3H3,(H2,27,28,30). The summed E-state index contributed by atoms with van der Waals surface area (Å²) in [4.78, 5) is 17.5. The highest BCUT2D eigenvalue weighted by molar-refractivity contribution is 7.92. The molecule has 5 rings (SSSR count). The number of aliphatic hydroxyl groups is 1. The van der Waals surface area contributed by atoms with Crippen LogP contribution in [0, 0.1) is 0 Å². The Labute approximate surface area is 207 Å². The maximum atomic E-state index is 12.9. The normalized spacial score (nSPS) is 13.7. The second-order valence-electron chi connectivity index (χ2n) is 9.32. The van der Waals surface area contributed by atoms with Crippen molar-refractivity contribution < 1.29 is 18.3 Å². The van der Waals surface area contributed by atoms with Crippen LogP contribution in [0.3, 0.4) is 0 Å². The number of hydrogen-bond donors (Lipinski definition) is 3. The minimum Gasteiger partial charge on any atom is -0.386 e. The molecule has 2 amide bonds. The lowest BCUT2D eigenvalue weighted by atomic mass is 9.98. The molecule has 10 heteroatoms. The van der Waals surface area contributed by atoms with Crippen LogP contribution in [0.2, 0.25) is 0 Å². The summed E-state index contributed by atoms with van der Waals surface area (Å²) in [6.07, 6.45) is 6.39. The number of hydrogen-bond acceptors (Lipinski definition) is 6. The first-order valence-corrected chi connectivity index (χ1v) is 13.6. The smallest absolute Gasteiger partial charge is 0.333 e. The van der Waals surface area contributed by atoms with Gasteiger partial charge in [0.15, 0.2) is 0 Å². The number of carbonyl (C=O) groups is 1. The number of pyridine rings is 1. The summed E-state index contributed by atoms with van der Waals surface area (Å²) in [6.45, 7) is 3.15. The summed E-state index contributed by atoms with van der Waals surface area (Å²) in [5, 5.41) is 15.5. The first-order chi connectivity index (χ1) is 16.5. The quantitative estimate of drug-likeness (QED) is 0.365. The number of urea groups is 1. The molecular formula is C25H26N4O4S2. The molecule has 3 heterocycles. The van der Waals surface area contributed by atoms with E-state index in [1.54, 1.807) is 25.4 Å². The Bertz CT molecular complexity index is 1560. The molecule has 0 aliphatic heterocycles. The number of sulfonamides is 1. The van der Waals surface area contributed by atoms with Crippen molar-refractivity contribution in [3.8, 4) is 11.1 Å². The minimum absolute atomic E-state index is 0.0398. The Morgan fingerprint density at radius 3 is 2.74 bits per heavy atom. The number of fused-ring (bicyclic) bond motifs is 2. The molecule has 0 atom stereocenters. The Kier molecular flexibility index (Phi) is 5.70. The third-order valence-electron chi connectivity index (χ3n) is 6.31. The van der Waals surface area contributed by atoms with Crippen LogP contribution in [0.1, 0.15) is 37.0 Å². The van der Waals surface area contributed by atoms with Crippen LogP contribution >= 0.6 is 11.3 Å². The van der Waals surface area contributed by atoms with E-state index in [4.69, 9.17) is 0 Å². The van der Waals surface area contributed by atoms with Crippen molar-refractivity contribution in [1.82, 2.24) is 14.3 Å². The molecule has 0 bridgehead atoms. The minimum atomic E-state index is -4.11. The van der Waals surface area contributed by atoms with Crippen LogP contribution < -0.4 is 10.0 Å². The van der Waals surface area contributed by atoms with Crippen LogP contribution in [-0.2, 0) is 35.5 Å². The largest absolute Gasteiger partial charge is 0.386 e. The summed E-state index contributed by atoms with van der Waals surface area (Å²) < 4.78 is 29.7. The number of amides is 2. The van der Waals surface area contributed by atoms with Gasteiger partial charge < -0.3 is 15.0 Å². The molecule has 1 aromatic carbocycles. The molecule has 8 nitrogen and oxygen atoms in total. The molecule has 4 aromatic rings. The van der Waals surface area contributed by atoms with Crippen molar-refractivity contribution in [1.29, 1.82) is 0 Å². The number of aromatic nitrogens is 2. The summed E-state index contributed by atoms with van der Waals surface area (Å²) in [5.41, 5.74) is 4.54. The van der Waals surface area contributed by atoms with E-state index in [2.05, 4.69) is 21.1 Å². The number of rotatable bonds is 5. The predicted molar refractivity (Wildman–Crippen MR) is 137 cm³/mol. The average molecular weight is 511 g/mol. The first-order valence-electron chi connectivity index (χ1n) is 11.2. The summed E-state index contributed by atoms with van der Waals surface area (Å²) >= 11 is 0.954. The van der Waals surface area contributed by atoms with E-state index in [1.807, 2.05) is 36.0 Å². The third kappa shape index (κ3) is 4.44. The summed E-state index contributed by atoms with van der Waals surface area (Å²) in [5.74, 6) is 0. The van der Waals surface area contributed by atoms with E-state index in [1.165, 1.54) is 6.07 Å². The number of anilines is 1. The molecule has 0 saturated carbocycles. The molecule has 0 unspecified atom stereocenters. The van der Waals surface area contributed by atoms with Gasteiger partial charge in [-0.1, -0.05) is 12.1 Å². The molecule has 1 aliphatic carbocycles. The van der Waals surface area contributed by atoms with Gasteiger partial charge in [-0.3, -0.25) is 0 Å². The Morgan fingerprint density at radius 1 is 1.20 bits per heavy atom. The van der Waals surface area contributed by atoms with Crippen LogP contribution in [0.15, 0.2) is 52.3 Å². The number of aryl methyl sites for hydroxylation is 2. The number of carbonyl (C=O) groups excluding carboxylic acids is 1. The van der Waals surface area contributed by atoms with Gasteiger partial charge in [-0.25, -0.2) is 22.9 Å². The van der Waals surface area contributed by atoms with Crippen molar-refractivity contribution in [2.45, 2.75) is 42.9 Å². The second kappa shape index (κ2) is 8.47. The zero-order valence-electron chi connectivity index (χ0n) is 19.6. The number of nitrogens with one attached hydrogen (secondary N) is 2. The third-order valence-corrected chi connectivity index (χ3v) is 9.08. The Morgan fingerprint density at radius 2 is 2.00 bits per heavy atom. The molecule has 35 heavy (non-hydrogen) atoms. The lowest BCUT2D eigenvalue weighted by molar-refractivity contribution is 0.0789. The topological polar surface area (TPSA) is 113 Å². The maximum Gasteiger partial charge on any atom is 0.333 e. The second-order valence-corrected chi connectivity index (χ2v) is 12.1. The molecule has 0 saturated heterocycles. The molecule has 1 aliphatic rings. The van der Waals surface area contributed by atoms with Crippen molar-refractivity contribution in [3.05, 3.63) is 64.8 Å². The SMILES string of the molecule is Cn1ccc2cc(-c3ccc4c(c3NC(=O)NS(=O)(=O)c3cc(C(C)(C)O)cs3)CCC4)cnc21. The lowest BCUT2D eigenvalue weighted by Crippen LogP contribution is -2.34. The first kappa shape index (κ1) is 23.5. The van der Waals surface area contributed by atoms with E-state index in [0.29, 0.717) is 11.3 Å². The van der Waals surface area contributed by atoms with E-state index < -0.39 is 21.7 Å². The molecule has 182 valence electrons. The van der Waals surface area contributed by atoms with Gasteiger partial charge in [0.2, 0.25) is 0 Å². The molecule has 3 aromatic heterocycles. The van der Waals surface area contributed by atoms with Gasteiger partial charge in [0.1, 0.15) is 9.86 Å². The highest BCUT2D eigenvalue weighted by Crippen LogP contribution is 2.38.